The number of carboxylic acid groups (broad SMARTS) is 1. The topological polar surface area (TPSA) is 94.5 Å². The summed E-state index contributed by atoms with van der Waals surface area (Å²) in [6.07, 6.45) is 10.2. The van der Waals surface area contributed by atoms with Gasteiger partial charge in [-0.25, -0.2) is 19.4 Å². The molecule has 0 saturated carbocycles. The summed E-state index contributed by atoms with van der Waals surface area (Å²) in [5.41, 5.74) is 1.67. The van der Waals surface area contributed by atoms with Gasteiger partial charge in [0, 0.05) is 24.6 Å². The van der Waals surface area contributed by atoms with E-state index in [2.05, 4.69) is 15.1 Å². The van der Waals surface area contributed by atoms with Crippen LogP contribution in [0, 0.1) is 0 Å². The number of hydrogen-bond acceptors (Lipinski definition) is 5. The van der Waals surface area contributed by atoms with Crippen LogP contribution in [-0.4, -0.2) is 41.8 Å². The second-order valence-corrected chi connectivity index (χ2v) is 5.46. The molecular weight excluding hydrogens is 298 g/mol. The fourth-order valence-electron chi connectivity index (χ4n) is 2.76. The molecule has 1 saturated heterocycles. The Morgan fingerprint density at radius 1 is 1.35 bits per heavy atom. The Kier molecular flexibility index (Phi) is 3.30. The summed E-state index contributed by atoms with van der Waals surface area (Å²) in [5, 5.41) is 13.4. The van der Waals surface area contributed by atoms with Crippen LogP contribution in [0.15, 0.2) is 30.9 Å². The van der Waals surface area contributed by atoms with Crippen molar-refractivity contribution < 1.29 is 14.6 Å². The summed E-state index contributed by atoms with van der Waals surface area (Å²) < 4.78 is 9.30. The number of carbonyl (C=O) groups is 1. The van der Waals surface area contributed by atoms with E-state index in [-0.39, 0.29) is 11.9 Å². The minimum absolute atomic E-state index is 0.0200. The van der Waals surface area contributed by atoms with E-state index in [0.29, 0.717) is 5.78 Å². The van der Waals surface area contributed by atoms with Gasteiger partial charge in [0.05, 0.1) is 18.1 Å². The van der Waals surface area contributed by atoms with Crippen molar-refractivity contribution in [2.45, 2.75) is 25.5 Å². The van der Waals surface area contributed by atoms with Crippen molar-refractivity contribution in [1.82, 2.24) is 24.1 Å². The van der Waals surface area contributed by atoms with Gasteiger partial charge in [-0.2, -0.15) is 5.10 Å². The lowest BCUT2D eigenvalue weighted by molar-refractivity contribution is -0.0394. The standard InChI is InChI=1S/C15H15N5O3/c21-14(22)11-4-5-19-12(8-16-15(19)18-11)10-7-17-20(9-10)13-3-1-2-6-23-13/h4-5,7-9,13H,1-3,6H2,(H,21,22). The number of aromatic nitrogens is 5. The van der Waals surface area contributed by atoms with E-state index >= 15 is 0 Å². The maximum absolute atomic E-state index is 11.0. The number of fused-ring (bicyclic) bond motifs is 1. The third kappa shape index (κ3) is 2.46. The summed E-state index contributed by atoms with van der Waals surface area (Å²) in [6.45, 7) is 0.761. The fourth-order valence-corrected chi connectivity index (χ4v) is 2.76. The second kappa shape index (κ2) is 5.47. The van der Waals surface area contributed by atoms with Crippen molar-refractivity contribution in [3.8, 4) is 11.3 Å². The molecule has 1 aliphatic heterocycles. The van der Waals surface area contributed by atoms with Gasteiger partial charge in [0.25, 0.3) is 0 Å². The molecule has 0 aliphatic carbocycles. The normalized spacial score (nSPS) is 18.3. The van der Waals surface area contributed by atoms with Crippen LogP contribution in [0.5, 0.6) is 0 Å². The van der Waals surface area contributed by atoms with Gasteiger partial charge >= 0.3 is 5.97 Å². The van der Waals surface area contributed by atoms with Crippen LogP contribution in [0.3, 0.4) is 0 Å². The van der Waals surface area contributed by atoms with Gasteiger partial charge in [-0.15, -0.1) is 0 Å². The van der Waals surface area contributed by atoms with E-state index in [4.69, 9.17) is 9.84 Å². The Hall–Kier alpha value is -2.74. The van der Waals surface area contributed by atoms with Crippen molar-refractivity contribution in [3.05, 3.63) is 36.5 Å². The second-order valence-electron chi connectivity index (χ2n) is 5.46. The summed E-state index contributed by atoms with van der Waals surface area (Å²) in [6, 6.07) is 1.45. The van der Waals surface area contributed by atoms with Gasteiger partial charge in [-0.05, 0) is 25.3 Å². The van der Waals surface area contributed by atoms with Crippen molar-refractivity contribution >= 4 is 11.7 Å². The highest BCUT2D eigenvalue weighted by Crippen LogP contribution is 2.25. The number of aromatic carboxylic acids is 1. The summed E-state index contributed by atoms with van der Waals surface area (Å²) >= 11 is 0. The number of ether oxygens (including phenoxy) is 1. The number of carboxylic acids is 1. The molecule has 0 spiro atoms. The molecule has 8 nitrogen and oxygen atoms in total. The van der Waals surface area contributed by atoms with Gasteiger partial charge < -0.3 is 9.84 Å². The molecule has 1 fully saturated rings. The maximum Gasteiger partial charge on any atom is 0.354 e. The highest BCUT2D eigenvalue weighted by molar-refractivity contribution is 5.85. The van der Waals surface area contributed by atoms with Crippen LogP contribution in [0.1, 0.15) is 36.0 Å². The minimum Gasteiger partial charge on any atom is -0.477 e. The molecule has 1 N–H and O–H groups in total. The predicted octanol–water partition coefficient (Wildman–Crippen LogP) is 1.99. The lowest BCUT2D eigenvalue weighted by Crippen LogP contribution is -2.18. The first-order valence-electron chi connectivity index (χ1n) is 7.46. The van der Waals surface area contributed by atoms with Crippen LogP contribution in [0.4, 0.5) is 0 Å². The first kappa shape index (κ1) is 13.9. The molecule has 1 aliphatic rings. The molecule has 23 heavy (non-hydrogen) atoms. The number of hydrogen-bond donors (Lipinski definition) is 1. The van der Waals surface area contributed by atoms with Crippen molar-refractivity contribution in [1.29, 1.82) is 0 Å². The van der Waals surface area contributed by atoms with Crippen molar-refractivity contribution in [2.75, 3.05) is 6.61 Å². The van der Waals surface area contributed by atoms with Crippen LogP contribution in [-0.2, 0) is 4.74 Å². The van der Waals surface area contributed by atoms with Crippen molar-refractivity contribution in [3.63, 3.8) is 0 Å². The Morgan fingerprint density at radius 3 is 3.04 bits per heavy atom. The molecule has 1 atom stereocenters. The van der Waals surface area contributed by atoms with Crippen LogP contribution < -0.4 is 0 Å². The molecule has 3 aromatic heterocycles. The van der Waals surface area contributed by atoms with Gasteiger partial charge in [-0.1, -0.05) is 0 Å². The molecule has 0 aromatic carbocycles. The van der Waals surface area contributed by atoms with E-state index in [1.54, 1.807) is 23.0 Å². The summed E-state index contributed by atoms with van der Waals surface area (Å²) in [4.78, 5) is 19.2. The Morgan fingerprint density at radius 2 is 2.26 bits per heavy atom. The van der Waals surface area contributed by atoms with E-state index in [9.17, 15) is 4.79 Å². The largest absolute Gasteiger partial charge is 0.477 e. The predicted molar refractivity (Wildman–Crippen MR) is 80.0 cm³/mol. The zero-order chi connectivity index (χ0) is 15.8. The van der Waals surface area contributed by atoms with Gasteiger partial charge in [0.2, 0.25) is 5.78 Å². The Balaban J connectivity index is 1.69. The third-order valence-corrected chi connectivity index (χ3v) is 3.95. The van der Waals surface area contributed by atoms with E-state index in [1.165, 1.54) is 6.07 Å². The number of nitrogens with zero attached hydrogens (tertiary/aromatic N) is 5. The molecule has 3 aromatic rings. The lowest BCUT2D eigenvalue weighted by Gasteiger charge is -2.22. The highest BCUT2D eigenvalue weighted by Gasteiger charge is 2.18. The van der Waals surface area contributed by atoms with Crippen LogP contribution >= 0.6 is 0 Å². The molecule has 0 bridgehead atoms. The number of rotatable bonds is 3. The zero-order valence-electron chi connectivity index (χ0n) is 12.3. The van der Waals surface area contributed by atoms with Crippen LogP contribution in [0.2, 0.25) is 0 Å². The van der Waals surface area contributed by atoms with Crippen molar-refractivity contribution in [2.24, 2.45) is 0 Å². The molecule has 1 unspecified atom stereocenters. The zero-order valence-corrected chi connectivity index (χ0v) is 12.3. The summed E-state index contributed by atoms with van der Waals surface area (Å²) in [5.74, 6) is -0.721. The number of imidazole rings is 1. The minimum atomic E-state index is -1.07. The van der Waals surface area contributed by atoms with Crippen LogP contribution in [0.25, 0.3) is 17.0 Å². The quantitative estimate of drug-likeness (QED) is 0.794. The molecule has 4 heterocycles. The smallest absolute Gasteiger partial charge is 0.354 e. The first-order chi connectivity index (χ1) is 11.2. The average Bonchev–Trinajstić information content (AvgIpc) is 3.21. The molecule has 4 rings (SSSR count). The molecular formula is C15H15N5O3. The van der Waals surface area contributed by atoms with E-state index in [0.717, 1.165) is 37.1 Å². The van der Waals surface area contributed by atoms with Gasteiger partial charge in [0.15, 0.2) is 5.69 Å². The van der Waals surface area contributed by atoms with Gasteiger partial charge in [-0.3, -0.25) is 4.40 Å². The molecule has 0 radical (unpaired) electrons. The lowest BCUT2D eigenvalue weighted by atomic mass is 10.2. The molecule has 8 heteroatoms. The average molecular weight is 313 g/mol. The fraction of sp³-hybridized carbons (Fsp3) is 0.333. The summed E-state index contributed by atoms with van der Waals surface area (Å²) in [7, 11) is 0. The maximum atomic E-state index is 11.0. The first-order valence-corrected chi connectivity index (χ1v) is 7.46. The van der Waals surface area contributed by atoms with Gasteiger partial charge in [0.1, 0.15) is 6.23 Å². The Labute approximate surface area is 131 Å². The monoisotopic (exact) mass is 313 g/mol. The highest BCUT2D eigenvalue weighted by atomic mass is 16.5. The molecule has 118 valence electrons. The molecule has 0 amide bonds. The van der Waals surface area contributed by atoms with E-state index in [1.807, 2.05) is 10.9 Å². The third-order valence-electron chi connectivity index (χ3n) is 3.95. The SMILES string of the molecule is O=C(O)c1ccn2c(-c3cnn(C4CCCCO4)c3)cnc2n1. The Bertz CT molecular complexity index is 863. The van der Waals surface area contributed by atoms with E-state index < -0.39 is 5.97 Å².